The Balaban J connectivity index is 1.91. The molecule has 25 heavy (non-hydrogen) atoms. The highest BCUT2D eigenvalue weighted by molar-refractivity contribution is 5.92. The molecule has 0 aliphatic heterocycles. The molecule has 7 heteroatoms. The first-order valence-electron chi connectivity index (χ1n) is 8.20. The Morgan fingerprint density at radius 1 is 1.00 bits per heavy atom. The maximum atomic E-state index is 12.0. The first-order valence-corrected chi connectivity index (χ1v) is 8.20. The number of hydrogen-bond acceptors (Lipinski definition) is 5. The highest BCUT2D eigenvalue weighted by Crippen LogP contribution is 2.17. The van der Waals surface area contributed by atoms with Crippen LogP contribution in [0.4, 0.5) is 17.2 Å². The highest BCUT2D eigenvalue weighted by atomic mass is 16.2. The fourth-order valence-corrected chi connectivity index (χ4v) is 2.07. The maximum Gasteiger partial charge on any atom is 0.271 e. The average molecular weight is 341 g/mol. The topological polar surface area (TPSA) is 96.0 Å². The van der Waals surface area contributed by atoms with E-state index >= 15 is 0 Å². The van der Waals surface area contributed by atoms with Gasteiger partial charge < -0.3 is 16.0 Å². The molecule has 1 aromatic carbocycles. The molecule has 132 valence electrons. The first-order chi connectivity index (χ1) is 11.9. The van der Waals surface area contributed by atoms with E-state index in [2.05, 4.69) is 40.0 Å². The van der Waals surface area contributed by atoms with Gasteiger partial charge in [0.15, 0.2) is 11.5 Å². The van der Waals surface area contributed by atoms with E-state index in [1.54, 1.807) is 24.3 Å². The highest BCUT2D eigenvalue weighted by Gasteiger charge is 2.08. The van der Waals surface area contributed by atoms with E-state index in [1.807, 2.05) is 12.1 Å². The molecule has 0 spiro atoms. The third-order valence-electron chi connectivity index (χ3n) is 3.38. The van der Waals surface area contributed by atoms with E-state index in [4.69, 9.17) is 0 Å². The molecule has 0 fully saturated rings. The van der Waals surface area contributed by atoms with Gasteiger partial charge in [-0.2, -0.15) is 0 Å². The zero-order chi connectivity index (χ0) is 18.2. The van der Waals surface area contributed by atoms with Crippen molar-refractivity contribution < 1.29 is 9.59 Å². The third kappa shape index (κ3) is 6.21. The summed E-state index contributed by atoms with van der Waals surface area (Å²) in [5.41, 5.74) is 1.81. The van der Waals surface area contributed by atoms with Crippen LogP contribution in [0.15, 0.2) is 36.4 Å². The maximum absolute atomic E-state index is 12.0. The summed E-state index contributed by atoms with van der Waals surface area (Å²) in [5, 5.41) is 16.6. The van der Waals surface area contributed by atoms with E-state index in [1.165, 1.54) is 6.92 Å². The lowest BCUT2D eigenvalue weighted by Gasteiger charge is -2.08. The summed E-state index contributed by atoms with van der Waals surface area (Å²) in [6.07, 6.45) is 0.924. The van der Waals surface area contributed by atoms with Gasteiger partial charge in [0, 0.05) is 24.8 Å². The van der Waals surface area contributed by atoms with Gasteiger partial charge in [0.2, 0.25) is 5.91 Å². The molecule has 0 aliphatic rings. The normalized spacial score (nSPS) is 10.4. The Hall–Kier alpha value is -2.96. The molecule has 0 saturated heterocycles. The van der Waals surface area contributed by atoms with E-state index in [0.29, 0.717) is 18.3 Å². The third-order valence-corrected chi connectivity index (χ3v) is 3.38. The van der Waals surface area contributed by atoms with Crippen molar-refractivity contribution in [2.75, 3.05) is 17.2 Å². The second-order valence-corrected chi connectivity index (χ2v) is 6.13. The number of nitrogens with one attached hydrogen (secondary N) is 3. The van der Waals surface area contributed by atoms with Crippen molar-refractivity contribution in [3.05, 3.63) is 42.1 Å². The second-order valence-electron chi connectivity index (χ2n) is 6.13. The predicted molar refractivity (Wildman–Crippen MR) is 97.8 cm³/mol. The molecule has 1 heterocycles. The molecule has 7 nitrogen and oxygen atoms in total. The summed E-state index contributed by atoms with van der Waals surface area (Å²) in [6, 6.07) is 10.5. The standard InChI is InChI=1S/C18H23N5O2/c1-12(2)10-11-19-18(25)16-8-9-17(23-22-16)21-15-6-4-14(5-7-15)20-13(3)24/h4-9,12H,10-11H2,1-3H3,(H,19,25)(H,20,24)(H,21,23). The Kier molecular flexibility index (Phi) is 6.45. The summed E-state index contributed by atoms with van der Waals surface area (Å²) in [6.45, 7) is 6.30. The molecule has 0 saturated carbocycles. The van der Waals surface area contributed by atoms with E-state index < -0.39 is 0 Å². The minimum atomic E-state index is -0.223. The van der Waals surface area contributed by atoms with Crippen molar-refractivity contribution in [1.82, 2.24) is 15.5 Å². The molecule has 0 radical (unpaired) electrons. The van der Waals surface area contributed by atoms with E-state index in [9.17, 15) is 9.59 Å². The summed E-state index contributed by atoms with van der Waals surface area (Å²) in [7, 11) is 0. The fraction of sp³-hybridized carbons (Fsp3) is 0.333. The number of rotatable bonds is 7. The minimum Gasteiger partial charge on any atom is -0.351 e. The van der Waals surface area contributed by atoms with E-state index in [-0.39, 0.29) is 17.5 Å². The number of benzene rings is 1. The number of nitrogens with zero attached hydrogens (tertiary/aromatic N) is 2. The zero-order valence-corrected chi connectivity index (χ0v) is 14.7. The quantitative estimate of drug-likeness (QED) is 0.719. The minimum absolute atomic E-state index is 0.117. The molecule has 0 bridgehead atoms. The van der Waals surface area contributed by atoms with Crippen LogP contribution in [-0.4, -0.2) is 28.6 Å². The van der Waals surface area contributed by atoms with Crippen molar-refractivity contribution in [3.63, 3.8) is 0 Å². The van der Waals surface area contributed by atoms with Crippen LogP contribution in [0.2, 0.25) is 0 Å². The fourth-order valence-electron chi connectivity index (χ4n) is 2.07. The van der Waals surface area contributed by atoms with Crippen LogP contribution >= 0.6 is 0 Å². The van der Waals surface area contributed by atoms with Gasteiger partial charge >= 0.3 is 0 Å². The molecule has 0 aliphatic carbocycles. The predicted octanol–water partition coefficient (Wildman–Crippen LogP) is 2.95. The van der Waals surface area contributed by atoms with Crippen LogP contribution in [0.25, 0.3) is 0 Å². The first kappa shape index (κ1) is 18.4. The lowest BCUT2D eigenvalue weighted by Crippen LogP contribution is -2.26. The number of carbonyl (C=O) groups is 2. The lowest BCUT2D eigenvalue weighted by molar-refractivity contribution is -0.114. The van der Waals surface area contributed by atoms with Gasteiger partial charge in [-0.3, -0.25) is 9.59 Å². The van der Waals surface area contributed by atoms with Crippen LogP contribution < -0.4 is 16.0 Å². The summed E-state index contributed by atoms with van der Waals surface area (Å²) in [5.74, 6) is 0.731. The summed E-state index contributed by atoms with van der Waals surface area (Å²) < 4.78 is 0. The van der Waals surface area contributed by atoms with E-state index in [0.717, 1.165) is 17.8 Å². The van der Waals surface area contributed by atoms with Gasteiger partial charge in [0.05, 0.1) is 0 Å². The van der Waals surface area contributed by atoms with Gasteiger partial charge in [-0.1, -0.05) is 13.8 Å². The molecule has 0 atom stereocenters. The Morgan fingerprint density at radius 3 is 2.24 bits per heavy atom. The van der Waals surface area contributed by atoms with Crippen molar-refractivity contribution in [1.29, 1.82) is 0 Å². The van der Waals surface area contributed by atoms with Crippen molar-refractivity contribution >= 4 is 29.0 Å². The Morgan fingerprint density at radius 2 is 1.68 bits per heavy atom. The SMILES string of the molecule is CC(=O)Nc1ccc(Nc2ccc(C(=O)NCCC(C)C)nn2)cc1. The van der Waals surface area contributed by atoms with Crippen LogP contribution in [0, 0.1) is 5.92 Å². The van der Waals surface area contributed by atoms with Crippen molar-refractivity contribution in [2.24, 2.45) is 5.92 Å². The average Bonchev–Trinajstić information content (AvgIpc) is 2.56. The van der Waals surface area contributed by atoms with Gasteiger partial charge in [-0.05, 0) is 48.7 Å². The molecule has 2 aromatic rings. The zero-order valence-electron chi connectivity index (χ0n) is 14.7. The van der Waals surface area contributed by atoms with Crippen LogP contribution in [0.1, 0.15) is 37.7 Å². The molecular formula is C18H23N5O2. The van der Waals surface area contributed by atoms with Gasteiger partial charge in [0.25, 0.3) is 5.91 Å². The molecule has 1 aromatic heterocycles. The Bertz CT molecular complexity index is 711. The molecule has 2 rings (SSSR count). The van der Waals surface area contributed by atoms with Gasteiger partial charge in [0.1, 0.15) is 0 Å². The van der Waals surface area contributed by atoms with Crippen molar-refractivity contribution in [2.45, 2.75) is 27.2 Å². The number of anilines is 3. The molecule has 2 amide bonds. The number of amides is 2. The van der Waals surface area contributed by atoms with Crippen LogP contribution in [0.5, 0.6) is 0 Å². The monoisotopic (exact) mass is 341 g/mol. The molecule has 3 N–H and O–H groups in total. The van der Waals surface area contributed by atoms with Crippen LogP contribution in [-0.2, 0) is 4.79 Å². The summed E-state index contributed by atoms with van der Waals surface area (Å²) in [4.78, 5) is 23.0. The molecular weight excluding hydrogens is 318 g/mol. The number of hydrogen-bond donors (Lipinski definition) is 3. The molecule has 0 unspecified atom stereocenters. The summed E-state index contributed by atoms with van der Waals surface area (Å²) >= 11 is 0. The van der Waals surface area contributed by atoms with Crippen LogP contribution in [0.3, 0.4) is 0 Å². The smallest absolute Gasteiger partial charge is 0.271 e. The Labute approximate surface area is 147 Å². The van der Waals surface area contributed by atoms with Gasteiger partial charge in [-0.25, -0.2) is 0 Å². The lowest BCUT2D eigenvalue weighted by atomic mass is 10.1. The number of carbonyl (C=O) groups excluding carboxylic acids is 2. The van der Waals surface area contributed by atoms with Crippen molar-refractivity contribution in [3.8, 4) is 0 Å². The largest absolute Gasteiger partial charge is 0.351 e. The second kappa shape index (κ2) is 8.77. The number of aromatic nitrogens is 2. The van der Waals surface area contributed by atoms with Gasteiger partial charge in [-0.15, -0.1) is 10.2 Å².